The summed E-state index contributed by atoms with van der Waals surface area (Å²) in [6, 6.07) is 12.9. The topological polar surface area (TPSA) is 57.9 Å². The number of fused-ring (bicyclic) bond motifs is 4. The molecule has 7 heteroatoms. The summed E-state index contributed by atoms with van der Waals surface area (Å²) in [4.78, 5) is 17.4. The quantitative estimate of drug-likeness (QED) is 0.553. The second kappa shape index (κ2) is 9.44. The Kier molecular flexibility index (Phi) is 6.24. The minimum Gasteiger partial charge on any atom is -0.497 e. The van der Waals surface area contributed by atoms with Crippen LogP contribution in [0.4, 0.5) is 4.39 Å². The molecule has 1 saturated heterocycles. The summed E-state index contributed by atoms with van der Waals surface area (Å²) in [5, 5.41) is 11.9. The zero-order valence-electron chi connectivity index (χ0n) is 21.8. The van der Waals surface area contributed by atoms with E-state index in [0.29, 0.717) is 18.0 Å². The lowest BCUT2D eigenvalue weighted by Crippen LogP contribution is -2.55. The fourth-order valence-corrected chi connectivity index (χ4v) is 6.95. The van der Waals surface area contributed by atoms with Crippen molar-refractivity contribution in [1.29, 1.82) is 0 Å². The third-order valence-corrected chi connectivity index (χ3v) is 9.24. The number of aryl methyl sites for hydroxylation is 1. The zero-order valence-corrected chi connectivity index (χ0v) is 21.8. The van der Waals surface area contributed by atoms with Gasteiger partial charge in [-0.05, 0) is 49.4 Å². The number of aliphatic hydroxyl groups is 1. The van der Waals surface area contributed by atoms with Crippen LogP contribution in [0.5, 0.6) is 5.75 Å². The first kappa shape index (κ1) is 24.4. The maximum atomic E-state index is 14.7. The molecule has 1 aliphatic carbocycles. The van der Waals surface area contributed by atoms with E-state index in [9.17, 15) is 14.3 Å². The monoisotopic (exact) mass is 505 g/mol. The second-order valence-electron chi connectivity index (χ2n) is 11.1. The normalized spacial score (nSPS) is 21.7. The lowest BCUT2D eigenvalue weighted by Gasteiger charge is -2.51. The van der Waals surface area contributed by atoms with E-state index in [2.05, 4.69) is 33.5 Å². The molecule has 1 aromatic heterocycles. The van der Waals surface area contributed by atoms with Crippen LogP contribution in [0.15, 0.2) is 42.5 Å². The predicted octanol–water partition coefficient (Wildman–Crippen LogP) is 4.54. The summed E-state index contributed by atoms with van der Waals surface area (Å²) in [7, 11) is 3.73. The van der Waals surface area contributed by atoms with Crippen LogP contribution in [0.3, 0.4) is 0 Å². The van der Waals surface area contributed by atoms with E-state index < -0.39 is 0 Å². The summed E-state index contributed by atoms with van der Waals surface area (Å²) in [6.07, 6.45) is 4.91. The number of amides is 1. The Morgan fingerprint density at radius 2 is 1.92 bits per heavy atom. The van der Waals surface area contributed by atoms with Gasteiger partial charge in [0.1, 0.15) is 11.6 Å². The SMILES string of the molecule is COc1ccc2c3c(n(C)c2c1)C(CO)N(Cc1ccccc1F)CC31CCN(C(=O)C2CCC2)CC1. The minimum absolute atomic E-state index is 0.0505. The van der Waals surface area contributed by atoms with E-state index in [0.717, 1.165) is 68.7 Å². The zero-order chi connectivity index (χ0) is 25.7. The van der Waals surface area contributed by atoms with Gasteiger partial charge in [-0.2, -0.15) is 0 Å². The first-order chi connectivity index (χ1) is 18.0. The molecule has 3 aromatic rings. The first-order valence-corrected chi connectivity index (χ1v) is 13.5. The number of carbonyl (C=O) groups excluding carboxylic acids is 1. The van der Waals surface area contributed by atoms with Crippen molar-refractivity contribution in [3.63, 3.8) is 0 Å². The van der Waals surface area contributed by atoms with Crippen LogP contribution in [0.2, 0.25) is 0 Å². The molecule has 1 saturated carbocycles. The Bertz CT molecular complexity index is 1320. The van der Waals surface area contributed by atoms with Crippen molar-refractivity contribution in [3.8, 4) is 5.75 Å². The van der Waals surface area contributed by atoms with Gasteiger partial charge >= 0.3 is 0 Å². The van der Waals surface area contributed by atoms with Crippen molar-refractivity contribution in [2.24, 2.45) is 13.0 Å². The molecule has 1 amide bonds. The molecule has 37 heavy (non-hydrogen) atoms. The summed E-state index contributed by atoms with van der Waals surface area (Å²) in [5.41, 5.74) is 3.90. The number of nitrogens with zero attached hydrogens (tertiary/aromatic N) is 3. The van der Waals surface area contributed by atoms with Gasteiger partial charge in [-0.1, -0.05) is 24.6 Å². The Hall–Kier alpha value is -2.90. The van der Waals surface area contributed by atoms with Crippen molar-refractivity contribution in [1.82, 2.24) is 14.4 Å². The largest absolute Gasteiger partial charge is 0.497 e. The molecule has 6 nitrogen and oxygen atoms in total. The number of halogens is 1. The highest BCUT2D eigenvalue weighted by molar-refractivity contribution is 5.89. The minimum atomic E-state index is -0.252. The molecular weight excluding hydrogens is 469 g/mol. The molecule has 1 spiro atoms. The summed E-state index contributed by atoms with van der Waals surface area (Å²) in [5.74, 6) is 1.10. The number of hydrogen-bond donors (Lipinski definition) is 1. The van der Waals surface area contributed by atoms with Gasteiger partial charge in [-0.15, -0.1) is 0 Å². The average Bonchev–Trinajstić information content (AvgIpc) is 3.17. The van der Waals surface area contributed by atoms with Crippen LogP contribution in [0, 0.1) is 11.7 Å². The average molecular weight is 506 g/mol. The number of likely N-dealkylation sites (tertiary alicyclic amines) is 1. The van der Waals surface area contributed by atoms with E-state index in [1.807, 2.05) is 18.2 Å². The summed E-state index contributed by atoms with van der Waals surface area (Å²) < 4.78 is 22.5. The Morgan fingerprint density at radius 1 is 1.16 bits per heavy atom. The smallest absolute Gasteiger partial charge is 0.225 e. The van der Waals surface area contributed by atoms with Crippen molar-refractivity contribution >= 4 is 16.8 Å². The van der Waals surface area contributed by atoms with Gasteiger partial charge in [-0.25, -0.2) is 4.39 Å². The number of aromatic nitrogens is 1. The van der Waals surface area contributed by atoms with E-state index in [-0.39, 0.29) is 29.8 Å². The molecule has 6 rings (SSSR count). The fourth-order valence-electron chi connectivity index (χ4n) is 6.95. The van der Waals surface area contributed by atoms with Gasteiger partial charge in [-0.3, -0.25) is 9.69 Å². The lowest BCUT2D eigenvalue weighted by molar-refractivity contribution is -0.140. The fraction of sp³-hybridized carbons (Fsp3) is 0.500. The lowest BCUT2D eigenvalue weighted by atomic mass is 9.68. The van der Waals surface area contributed by atoms with Crippen LogP contribution < -0.4 is 4.74 Å². The Labute approximate surface area is 217 Å². The molecule has 2 fully saturated rings. The maximum Gasteiger partial charge on any atom is 0.225 e. The van der Waals surface area contributed by atoms with E-state index in [4.69, 9.17) is 4.74 Å². The predicted molar refractivity (Wildman–Crippen MR) is 141 cm³/mol. The standard InChI is InChI=1S/C30H36FN3O3/c1-32-25-16-22(37-2)10-11-23(25)27-28(32)26(18-35)34(17-21-6-3-4-9-24(21)31)19-30(27)12-14-33(15-13-30)29(36)20-7-5-8-20/h3-4,6,9-11,16,20,26,35H,5,7-8,12-15,17-19H2,1-2H3. The van der Waals surface area contributed by atoms with Gasteiger partial charge in [0.15, 0.2) is 0 Å². The van der Waals surface area contributed by atoms with Gasteiger partial charge in [0.2, 0.25) is 5.91 Å². The van der Waals surface area contributed by atoms with E-state index in [1.54, 1.807) is 13.2 Å². The van der Waals surface area contributed by atoms with Crippen molar-refractivity contribution in [2.75, 3.05) is 33.4 Å². The van der Waals surface area contributed by atoms with Gasteiger partial charge < -0.3 is 19.3 Å². The Morgan fingerprint density at radius 3 is 2.57 bits per heavy atom. The van der Waals surface area contributed by atoms with Crippen LogP contribution in [0.25, 0.3) is 10.9 Å². The van der Waals surface area contributed by atoms with Crippen LogP contribution >= 0.6 is 0 Å². The number of piperidine rings is 1. The highest BCUT2D eigenvalue weighted by atomic mass is 19.1. The molecule has 2 aliphatic heterocycles. The molecule has 1 atom stereocenters. The summed E-state index contributed by atoms with van der Waals surface area (Å²) >= 11 is 0. The molecule has 1 N–H and O–H groups in total. The summed E-state index contributed by atoms with van der Waals surface area (Å²) in [6.45, 7) is 2.56. The molecular formula is C30H36FN3O3. The molecule has 3 heterocycles. The third-order valence-electron chi connectivity index (χ3n) is 9.24. The molecule has 3 aliphatic rings. The highest BCUT2D eigenvalue weighted by Crippen LogP contribution is 2.50. The molecule has 1 unspecified atom stereocenters. The Balaban J connectivity index is 1.44. The van der Waals surface area contributed by atoms with Crippen molar-refractivity contribution < 1.29 is 19.0 Å². The second-order valence-corrected chi connectivity index (χ2v) is 11.1. The number of hydrogen-bond acceptors (Lipinski definition) is 4. The number of aliphatic hydroxyl groups excluding tert-OH is 1. The number of methoxy groups -OCH3 is 1. The molecule has 0 radical (unpaired) electrons. The van der Waals surface area contributed by atoms with Crippen molar-refractivity contribution in [2.45, 2.75) is 50.1 Å². The van der Waals surface area contributed by atoms with Gasteiger partial charge in [0.25, 0.3) is 0 Å². The third kappa shape index (κ3) is 3.94. The highest BCUT2D eigenvalue weighted by Gasteiger charge is 2.49. The molecule has 196 valence electrons. The van der Waals surface area contributed by atoms with E-state index in [1.165, 1.54) is 17.0 Å². The number of benzene rings is 2. The van der Waals surface area contributed by atoms with Gasteiger partial charge in [0.05, 0.1) is 25.3 Å². The number of carbonyl (C=O) groups is 1. The van der Waals surface area contributed by atoms with E-state index >= 15 is 0 Å². The van der Waals surface area contributed by atoms with Crippen LogP contribution in [-0.4, -0.2) is 58.7 Å². The van der Waals surface area contributed by atoms with Crippen molar-refractivity contribution in [3.05, 3.63) is 65.1 Å². The molecule has 2 aromatic carbocycles. The maximum absolute atomic E-state index is 14.7. The number of ether oxygens (including phenoxy) is 1. The first-order valence-electron chi connectivity index (χ1n) is 13.5. The number of rotatable bonds is 5. The molecule has 0 bridgehead atoms. The van der Waals surface area contributed by atoms with Crippen LogP contribution in [-0.2, 0) is 23.8 Å². The van der Waals surface area contributed by atoms with Gasteiger partial charge in [0, 0.05) is 67.3 Å². The van der Waals surface area contributed by atoms with Crippen LogP contribution in [0.1, 0.15) is 55.0 Å².